The lowest BCUT2D eigenvalue weighted by molar-refractivity contribution is -0.154. The number of ether oxygens (including phenoxy) is 1. The molecule has 0 spiro atoms. The zero-order valence-corrected chi connectivity index (χ0v) is 14.3. The number of amides is 2. The number of unbranched alkanes of at least 4 members (excludes halogenated alkanes) is 2. The minimum atomic E-state index is -0.435. The van der Waals surface area contributed by atoms with E-state index in [0.717, 1.165) is 25.7 Å². The fourth-order valence-corrected chi connectivity index (χ4v) is 2.07. The summed E-state index contributed by atoms with van der Waals surface area (Å²) in [6.45, 7) is 9.90. The van der Waals surface area contributed by atoms with Crippen LogP contribution in [0.15, 0.2) is 11.1 Å². The molecule has 124 valence electrons. The van der Waals surface area contributed by atoms with Crippen LogP contribution in [0.25, 0.3) is 0 Å². The second kappa shape index (κ2) is 7.56. The van der Waals surface area contributed by atoms with Crippen LogP contribution < -0.4 is 0 Å². The Morgan fingerprint density at radius 1 is 1.05 bits per heavy atom. The number of carbonyl (C=O) groups is 3. The Labute approximate surface area is 132 Å². The maximum atomic E-state index is 11.9. The fourth-order valence-electron chi connectivity index (χ4n) is 2.07. The van der Waals surface area contributed by atoms with Crippen molar-refractivity contribution >= 4 is 17.8 Å². The lowest BCUT2D eigenvalue weighted by atomic mass is 9.91. The van der Waals surface area contributed by atoms with E-state index in [9.17, 15) is 14.4 Å². The highest BCUT2D eigenvalue weighted by Crippen LogP contribution is 2.22. The highest BCUT2D eigenvalue weighted by atomic mass is 16.5. The Hall–Kier alpha value is -1.65. The second-order valence-electron chi connectivity index (χ2n) is 6.45. The number of esters is 1. The molecule has 0 saturated heterocycles. The number of imide groups is 1. The van der Waals surface area contributed by atoms with Crippen molar-refractivity contribution in [3.63, 3.8) is 0 Å². The Balaban J connectivity index is 2.21. The van der Waals surface area contributed by atoms with Crippen molar-refractivity contribution < 1.29 is 19.1 Å². The lowest BCUT2D eigenvalue weighted by Crippen LogP contribution is -2.32. The Morgan fingerprint density at radius 3 is 2.09 bits per heavy atom. The third-order valence-corrected chi connectivity index (χ3v) is 4.39. The van der Waals surface area contributed by atoms with Crippen LogP contribution in [0.3, 0.4) is 0 Å². The molecule has 0 aromatic carbocycles. The third kappa shape index (κ3) is 4.18. The third-order valence-electron chi connectivity index (χ3n) is 4.39. The van der Waals surface area contributed by atoms with Crippen LogP contribution >= 0.6 is 0 Å². The highest BCUT2D eigenvalue weighted by Gasteiger charge is 2.32. The van der Waals surface area contributed by atoms with E-state index >= 15 is 0 Å². The van der Waals surface area contributed by atoms with Gasteiger partial charge in [0, 0.05) is 17.7 Å². The van der Waals surface area contributed by atoms with Crippen molar-refractivity contribution in [3.05, 3.63) is 11.1 Å². The van der Waals surface area contributed by atoms with Crippen molar-refractivity contribution in [3.8, 4) is 0 Å². The predicted molar refractivity (Wildman–Crippen MR) is 84.0 cm³/mol. The van der Waals surface area contributed by atoms with Gasteiger partial charge in [0.25, 0.3) is 11.8 Å². The Kier molecular flexibility index (Phi) is 6.33. The average molecular weight is 309 g/mol. The van der Waals surface area contributed by atoms with Crippen LogP contribution in [0.5, 0.6) is 0 Å². The SMILES string of the molecule is CCC(C)(C)C(=O)OCCCCCN1C(=O)C(C)=C(C)C1=O. The molecule has 0 aromatic heterocycles. The smallest absolute Gasteiger partial charge is 0.311 e. The van der Waals surface area contributed by atoms with E-state index in [1.165, 1.54) is 4.90 Å². The first kappa shape index (κ1) is 18.4. The lowest BCUT2D eigenvalue weighted by Gasteiger charge is -2.20. The van der Waals surface area contributed by atoms with Gasteiger partial charge in [-0.2, -0.15) is 0 Å². The molecule has 0 saturated carbocycles. The summed E-state index contributed by atoms with van der Waals surface area (Å²) in [5, 5.41) is 0. The van der Waals surface area contributed by atoms with Gasteiger partial charge in [-0.25, -0.2) is 0 Å². The van der Waals surface area contributed by atoms with Crippen molar-refractivity contribution in [2.75, 3.05) is 13.2 Å². The van der Waals surface area contributed by atoms with Gasteiger partial charge in [-0.1, -0.05) is 6.92 Å². The fraction of sp³-hybridized carbons (Fsp3) is 0.706. The van der Waals surface area contributed by atoms with Gasteiger partial charge in [-0.15, -0.1) is 0 Å². The van der Waals surface area contributed by atoms with Gasteiger partial charge in [0.05, 0.1) is 12.0 Å². The van der Waals surface area contributed by atoms with Crippen molar-refractivity contribution in [2.45, 2.75) is 60.3 Å². The number of hydrogen-bond acceptors (Lipinski definition) is 4. The first-order valence-electron chi connectivity index (χ1n) is 7.93. The molecule has 0 unspecified atom stereocenters. The van der Waals surface area contributed by atoms with Crippen LogP contribution in [0.1, 0.15) is 60.3 Å². The van der Waals surface area contributed by atoms with Crippen LogP contribution in [0, 0.1) is 5.41 Å². The van der Waals surface area contributed by atoms with E-state index in [0.29, 0.717) is 24.3 Å². The predicted octanol–water partition coefficient (Wildman–Crippen LogP) is 2.84. The maximum absolute atomic E-state index is 11.9. The first-order chi connectivity index (χ1) is 10.2. The molecule has 0 radical (unpaired) electrons. The molecule has 1 aliphatic heterocycles. The molecular weight excluding hydrogens is 282 g/mol. The van der Waals surface area contributed by atoms with Crippen LogP contribution in [-0.2, 0) is 19.1 Å². The summed E-state index contributed by atoms with van der Waals surface area (Å²) in [5.41, 5.74) is 0.649. The molecule has 1 rings (SSSR count). The summed E-state index contributed by atoms with van der Waals surface area (Å²) in [4.78, 5) is 36.8. The molecule has 5 nitrogen and oxygen atoms in total. The molecule has 0 fully saturated rings. The summed E-state index contributed by atoms with van der Waals surface area (Å²) < 4.78 is 5.25. The second-order valence-corrected chi connectivity index (χ2v) is 6.45. The monoisotopic (exact) mass is 309 g/mol. The molecule has 22 heavy (non-hydrogen) atoms. The van der Waals surface area contributed by atoms with Gasteiger partial charge in [-0.05, 0) is 53.4 Å². The van der Waals surface area contributed by atoms with Gasteiger partial charge in [0.1, 0.15) is 0 Å². The van der Waals surface area contributed by atoms with E-state index in [-0.39, 0.29) is 17.8 Å². The van der Waals surface area contributed by atoms with E-state index in [4.69, 9.17) is 4.74 Å². The van der Waals surface area contributed by atoms with E-state index in [1.54, 1.807) is 13.8 Å². The van der Waals surface area contributed by atoms with E-state index in [2.05, 4.69) is 0 Å². The van der Waals surface area contributed by atoms with Crippen molar-refractivity contribution in [2.24, 2.45) is 5.41 Å². The molecule has 5 heteroatoms. The summed E-state index contributed by atoms with van der Waals surface area (Å²) in [5.74, 6) is -0.535. The first-order valence-corrected chi connectivity index (χ1v) is 7.93. The molecule has 2 amide bonds. The van der Waals surface area contributed by atoms with E-state index < -0.39 is 5.41 Å². The van der Waals surface area contributed by atoms with Gasteiger partial charge >= 0.3 is 5.97 Å². The highest BCUT2D eigenvalue weighted by molar-refractivity contribution is 6.18. The quantitative estimate of drug-likeness (QED) is 0.393. The van der Waals surface area contributed by atoms with Gasteiger partial charge < -0.3 is 4.74 Å². The molecule has 0 bridgehead atoms. The zero-order chi connectivity index (χ0) is 16.9. The summed E-state index contributed by atoms with van der Waals surface area (Å²) in [6.07, 6.45) is 3.03. The van der Waals surface area contributed by atoms with Crippen LogP contribution in [0.4, 0.5) is 0 Å². The minimum absolute atomic E-state index is 0.171. The number of nitrogens with zero attached hydrogens (tertiary/aromatic N) is 1. The topological polar surface area (TPSA) is 63.7 Å². The minimum Gasteiger partial charge on any atom is -0.465 e. The largest absolute Gasteiger partial charge is 0.465 e. The van der Waals surface area contributed by atoms with Crippen molar-refractivity contribution in [1.29, 1.82) is 0 Å². The standard InChI is InChI=1S/C17H27NO4/c1-6-17(4,5)16(21)22-11-9-7-8-10-18-14(19)12(2)13(3)15(18)20/h6-11H2,1-5H3. The number of carbonyl (C=O) groups excluding carboxylic acids is 3. The maximum Gasteiger partial charge on any atom is 0.311 e. The molecule has 0 N–H and O–H groups in total. The molecule has 1 aliphatic rings. The van der Waals surface area contributed by atoms with E-state index in [1.807, 2.05) is 20.8 Å². The van der Waals surface area contributed by atoms with Crippen LogP contribution in [-0.4, -0.2) is 35.8 Å². The molecule has 1 heterocycles. The summed E-state index contributed by atoms with van der Waals surface area (Å²) in [7, 11) is 0. The van der Waals surface area contributed by atoms with Crippen LogP contribution in [0.2, 0.25) is 0 Å². The summed E-state index contributed by atoms with van der Waals surface area (Å²) in [6, 6.07) is 0. The zero-order valence-electron chi connectivity index (χ0n) is 14.3. The number of hydrogen-bond donors (Lipinski definition) is 0. The normalized spacial score (nSPS) is 15.8. The van der Waals surface area contributed by atoms with Gasteiger partial charge in [0.2, 0.25) is 0 Å². The number of rotatable bonds is 8. The van der Waals surface area contributed by atoms with Gasteiger partial charge in [-0.3, -0.25) is 19.3 Å². The summed E-state index contributed by atoms with van der Waals surface area (Å²) >= 11 is 0. The van der Waals surface area contributed by atoms with Gasteiger partial charge in [0.15, 0.2) is 0 Å². The Morgan fingerprint density at radius 2 is 1.59 bits per heavy atom. The molecule has 0 atom stereocenters. The molecular formula is C17H27NO4. The Bertz CT molecular complexity index is 467. The molecule has 0 aromatic rings. The van der Waals surface area contributed by atoms with Crippen molar-refractivity contribution in [1.82, 2.24) is 4.90 Å². The average Bonchev–Trinajstić information content (AvgIpc) is 2.67. The molecule has 0 aliphatic carbocycles.